The van der Waals surface area contributed by atoms with Gasteiger partial charge in [0.1, 0.15) is 0 Å². The largest absolute Gasteiger partial charge is 0.240 e. The van der Waals surface area contributed by atoms with Crippen molar-refractivity contribution >= 4 is 12.2 Å². The van der Waals surface area contributed by atoms with E-state index in [1.807, 2.05) is 0 Å². The molecule has 0 nitrogen and oxygen atoms in total. The normalized spacial score (nSPS) is 9.72. The average molecular weight is 236 g/mol. The van der Waals surface area contributed by atoms with Crippen molar-refractivity contribution in [2.24, 2.45) is 0 Å². The molecule has 0 aromatic heterocycles. The van der Waals surface area contributed by atoms with E-state index in [-0.39, 0.29) is 6.71 Å². The molecule has 0 amide bonds. The predicted octanol–water partition coefficient (Wildman–Crippen LogP) is 3.88. The van der Waals surface area contributed by atoms with Crippen molar-refractivity contribution in [3.05, 3.63) is 78.2 Å². The van der Waals surface area contributed by atoms with Gasteiger partial charge in [-0.15, -0.1) is 13.2 Å². The monoisotopic (exact) mass is 236 g/mol. The van der Waals surface area contributed by atoms with Gasteiger partial charge in [-0.05, 0) is 20.8 Å². The van der Waals surface area contributed by atoms with Crippen molar-refractivity contribution in [3.8, 4) is 0 Å². The Hall–Kier alpha value is -1.76. The molecule has 0 aliphatic heterocycles. The lowest BCUT2D eigenvalue weighted by Gasteiger charge is -2.20. The maximum absolute atomic E-state index is 4.10. The van der Waals surface area contributed by atoms with Crippen LogP contribution in [0.4, 0.5) is 0 Å². The summed E-state index contributed by atoms with van der Waals surface area (Å²) in [5, 5.41) is 0. The second-order valence-electron chi connectivity index (χ2n) is 4.80. The summed E-state index contributed by atoms with van der Waals surface area (Å²) < 4.78 is 0. The molecular weight excluding hydrogens is 215 g/mol. The SMILES string of the molecule is C=CC(=C)B(C(=C)C=C)c1c(C)cc(C)cc1C. The van der Waals surface area contributed by atoms with Gasteiger partial charge >= 0.3 is 0 Å². The van der Waals surface area contributed by atoms with Crippen LogP contribution in [0.5, 0.6) is 0 Å². The van der Waals surface area contributed by atoms with Crippen LogP contribution in [0, 0.1) is 20.8 Å². The molecule has 0 atom stereocenters. The molecule has 1 aromatic carbocycles. The zero-order chi connectivity index (χ0) is 13.9. The molecule has 1 aromatic rings. The molecule has 0 heterocycles. The van der Waals surface area contributed by atoms with Gasteiger partial charge in [-0.25, -0.2) is 0 Å². The molecule has 0 N–H and O–H groups in total. The third-order valence-corrected chi connectivity index (χ3v) is 3.29. The topological polar surface area (TPSA) is 0 Å². The van der Waals surface area contributed by atoms with Crippen LogP contribution in [0.3, 0.4) is 0 Å². The molecular formula is C17H21B. The first-order valence-corrected chi connectivity index (χ1v) is 6.12. The number of aryl methyl sites for hydroxylation is 3. The highest BCUT2D eigenvalue weighted by Crippen LogP contribution is 2.16. The molecule has 0 unspecified atom stereocenters. The van der Waals surface area contributed by atoms with Gasteiger partial charge in [0.2, 0.25) is 6.71 Å². The third-order valence-electron chi connectivity index (χ3n) is 3.29. The summed E-state index contributed by atoms with van der Waals surface area (Å²) in [5.74, 6) is 0. The molecule has 0 radical (unpaired) electrons. The molecule has 1 rings (SSSR count). The van der Waals surface area contributed by atoms with Crippen molar-refractivity contribution < 1.29 is 0 Å². The van der Waals surface area contributed by atoms with E-state index in [2.05, 4.69) is 59.2 Å². The van der Waals surface area contributed by atoms with Crippen LogP contribution in [0.1, 0.15) is 16.7 Å². The molecule has 0 saturated heterocycles. The summed E-state index contributed by atoms with van der Waals surface area (Å²) in [4.78, 5) is 0. The van der Waals surface area contributed by atoms with E-state index in [0.29, 0.717) is 0 Å². The fraction of sp³-hybridized carbons (Fsp3) is 0.176. The van der Waals surface area contributed by atoms with Crippen LogP contribution in [-0.4, -0.2) is 6.71 Å². The average Bonchev–Trinajstić information content (AvgIpc) is 2.31. The molecule has 0 bridgehead atoms. The summed E-state index contributed by atoms with van der Waals surface area (Å²) >= 11 is 0. The Labute approximate surface area is 112 Å². The van der Waals surface area contributed by atoms with Crippen LogP contribution in [0.2, 0.25) is 0 Å². The molecule has 92 valence electrons. The minimum atomic E-state index is 0.0839. The highest BCUT2D eigenvalue weighted by atomic mass is 14.0. The van der Waals surface area contributed by atoms with Gasteiger partial charge in [-0.2, -0.15) is 0 Å². The number of allylic oxidation sites excluding steroid dienone is 4. The van der Waals surface area contributed by atoms with E-state index in [4.69, 9.17) is 0 Å². The lowest BCUT2D eigenvalue weighted by molar-refractivity contribution is 1.35. The second-order valence-corrected chi connectivity index (χ2v) is 4.80. The predicted molar refractivity (Wildman–Crippen MR) is 84.7 cm³/mol. The van der Waals surface area contributed by atoms with Crippen LogP contribution in [0.15, 0.2) is 61.5 Å². The Balaban J connectivity index is 3.47. The molecule has 0 fully saturated rings. The van der Waals surface area contributed by atoms with Gasteiger partial charge < -0.3 is 0 Å². The maximum Gasteiger partial charge on any atom is 0.240 e. The van der Waals surface area contributed by atoms with Gasteiger partial charge in [0, 0.05) is 0 Å². The van der Waals surface area contributed by atoms with Crippen molar-refractivity contribution in [2.45, 2.75) is 20.8 Å². The minimum absolute atomic E-state index is 0.0839. The molecule has 1 heteroatoms. The minimum Gasteiger partial charge on any atom is -0.104 e. The summed E-state index contributed by atoms with van der Waals surface area (Å²) in [6, 6.07) is 4.39. The first-order chi connectivity index (χ1) is 8.42. The number of rotatable bonds is 5. The first kappa shape index (κ1) is 14.3. The highest BCUT2D eigenvalue weighted by Gasteiger charge is 2.23. The molecule has 18 heavy (non-hydrogen) atoms. The van der Waals surface area contributed by atoms with E-state index in [1.165, 1.54) is 22.2 Å². The summed E-state index contributed by atoms with van der Waals surface area (Å²) in [6.45, 7) is 22.3. The van der Waals surface area contributed by atoms with E-state index < -0.39 is 0 Å². The van der Waals surface area contributed by atoms with Crippen LogP contribution < -0.4 is 5.46 Å². The Kier molecular flexibility index (Phi) is 4.55. The summed E-state index contributed by atoms with van der Waals surface area (Å²) in [6.07, 6.45) is 3.61. The Morgan fingerprint density at radius 1 is 0.944 bits per heavy atom. The van der Waals surface area contributed by atoms with Crippen LogP contribution in [0.25, 0.3) is 0 Å². The summed E-state index contributed by atoms with van der Waals surface area (Å²) in [5.41, 5.74) is 7.02. The van der Waals surface area contributed by atoms with Crippen molar-refractivity contribution in [3.63, 3.8) is 0 Å². The highest BCUT2D eigenvalue weighted by molar-refractivity contribution is 6.87. The van der Waals surface area contributed by atoms with Crippen molar-refractivity contribution in [2.75, 3.05) is 0 Å². The van der Waals surface area contributed by atoms with Crippen molar-refractivity contribution in [1.29, 1.82) is 0 Å². The second kappa shape index (κ2) is 5.73. The zero-order valence-electron chi connectivity index (χ0n) is 11.7. The Morgan fingerprint density at radius 3 is 1.67 bits per heavy atom. The van der Waals surface area contributed by atoms with E-state index in [1.54, 1.807) is 12.2 Å². The smallest absolute Gasteiger partial charge is 0.104 e. The first-order valence-electron chi connectivity index (χ1n) is 6.12. The zero-order valence-corrected chi connectivity index (χ0v) is 11.7. The van der Waals surface area contributed by atoms with Gasteiger partial charge in [-0.3, -0.25) is 0 Å². The van der Waals surface area contributed by atoms with Gasteiger partial charge in [0.05, 0.1) is 0 Å². The standard InChI is InChI=1S/C17H21B/c1-8-15(6)18(16(7)9-2)17-13(4)10-12(3)11-14(17)5/h8-11H,1-2,6-7H2,3-5H3. The van der Waals surface area contributed by atoms with Gasteiger partial charge in [-0.1, -0.05) is 70.5 Å². The van der Waals surface area contributed by atoms with E-state index >= 15 is 0 Å². The number of benzene rings is 1. The van der Waals surface area contributed by atoms with Gasteiger partial charge in [0.25, 0.3) is 0 Å². The fourth-order valence-corrected chi connectivity index (χ4v) is 2.49. The quantitative estimate of drug-likeness (QED) is 0.537. The third kappa shape index (κ3) is 2.73. The van der Waals surface area contributed by atoms with E-state index in [0.717, 1.165) is 10.9 Å². The molecule has 0 aliphatic carbocycles. The van der Waals surface area contributed by atoms with Crippen LogP contribution in [-0.2, 0) is 0 Å². The fourth-order valence-electron chi connectivity index (χ4n) is 2.49. The summed E-state index contributed by atoms with van der Waals surface area (Å²) in [7, 11) is 0. The Morgan fingerprint density at radius 2 is 1.33 bits per heavy atom. The lowest BCUT2D eigenvalue weighted by atomic mass is 9.35. The number of hydrogen-bond donors (Lipinski definition) is 0. The van der Waals surface area contributed by atoms with E-state index in [9.17, 15) is 0 Å². The maximum atomic E-state index is 4.10. The van der Waals surface area contributed by atoms with Gasteiger partial charge in [0.15, 0.2) is 0 Å². The molecule has 0 aliphatic rings. The van der Waals surface area contributed by atoms with Crippen LogP contribution >= 0.6 is 0 Å². The van der Waals surface area contributed by atoms with Crippen molar-refractivity contribution in [1.82, 2.24) is 0 Å². The molecule has 0 spiro atoms. The number of hydrogen-bond acceptors (Lipinski definition) is 0. The lowest BCUT2D eigenvalue weighted by Crippen LogP contribution is -2.37. The Bertz CT molecular complexity index is 477. The molecule has 0 saturated carbocycles.